The summed E-state index contributed by atoms with van der Waals surface area (Å²) in [5.41, 5.74) is 2.00. The molecule has 0 aliphatic carbocycles. The quantitative estimate of drug-likeness (QED) is 0.764. The van der Waals surface area contributed by atoms with Crippen LogP contribution in [-0.2, 0) is 6.42 Å². The van der Waals surface area contributed by atoms with Crippen molar-refractivity contribution in [3.63, 3.8) is 0 Å². The number of H-pyrrole nitrogens is 1. The fourth-order valence-electron chi connectivity index (χ4n) is 1.80. The number of aromatic amines is 1. The molecule has 19 heavy (non-hydrogen) atoms. The Bertz CT molecular complexity index is 645. The summed E-state index contributed by atoms with van der Waals surface area (Å²) in [4.78, 5) is 10.1. The standard InChI is InChI=1S/C13H13N5S/c1-2-10-12(9-7-15-16-8-9)18-13(19-10)17-11-5-3-4-6-14-11/h3-8H,2H2,1H3,(H,15,16)(H,14,17,18). The third-order valence-electron chi connectivity index (χ3n) is 2.69. The minimum atomic E-state index is 0.803. The first kappa shape index (κ1) is 11.9. The lowest BCUT2D eigenvalue weighted by atomic mass is 10.2. The third kappa shape index (κ3) is 2.48. The zero-order chi connectivity index (χ0) is 13.1. The average molecular weight is 271 g/mol. The Balaban J connectivity index is 1.92. The second kappa shape index (κ2) is 5.19. The molecule has 0 aliphatic heterocycles. The van der Waals surface area contributed by atoms with Gasteiger partial charge in [0.05, 0.1) is 11.9 Å². The first-order valence-electron chi connectivity index (χ1n) is 6.03. The van der Waals surface area contributed by atoms with E-state index < -0.39 is 0 Å². The van der Waals surface area contributed by atoms with Gasteiger partial charge in [-0.05, 0) is 18.6 Å². The molecular weight excluding hydrogens is 258 g/mol. The van der Waals surface area contributed by atoms with Gasteiger partial charge in [-0.15, -0.1) is 11.3 Å². The second-order valence-corrected chi connectivity index (χ2v) is 5.05. The largest absolute Gasteiger partial charge is 0.316 e. The maximum atomic E-state index is 4.63. The van der Waals surface area contributed by atoms with Crippen LogP contribution in [0.1, 0.15) is 11.8 Å². The molecule has 0 fully saturated rings. The number of anilines is 2. The fourth-order valence-corrected chi connectivity index (χ4v) is 2.73. The van der Waals surface area contributed by atoms with Crippen LogP contribution in [0.3, 0.4) is 0 Å². The lowest BCUT2D eigenvalue weighted by molar-refractivity contribution is 1.09. The second-order valence-electron chi connectivity index (χ2n) is 3.97. The Morgan fingerprint density at radius 2 is 2.32 bits per heavy atom. The van der Waals surface area contributed by atoms with E-state index >= 15 is 0 Å². The Hall–Kier alpha value is -2.21. The maximum Gasteiger partial charge on any atom is 0.189 e. The highest BCUT2D eigenvalue weighted by molar-refractivity contribution is 7.16. The number of hydrogen-bond acceptors (Lipinski definition) is 5. The van der Waals surface area contributed by atoms with Crippen LogP contribution in [0.5, 0.6) is 0 Å². The van der Waals surface area contributed by atoms with E-state index in [1.807, 2.05) is 24.4 Å². The number of nitrogens with zero attached hydrogens (tertiary/aromatic N) is 3. The van der Waals surface area contributed by atoms with Gasteiger partial charge in [-0.25, -0.2) is 9.97 Å². The van der Waals surface area contributed by atoms with Crippen molar-refractivity contribution in [1.82, 2.24) is 20.2 Å². The topological polar surface area (TPSA) is 66.5 Å². The molecule has 0 amide bonds. The van der Waals surface area contributed by atoms with E-state index in [-0.39, 0.29) is 0 Å². The number of aromatic nitrogens is 4. The van der Waals surface area contributed by atoms with E-state index in [0.29, 0.717) is 0 Å². The highest BCUT2D eigenvalue weighted by Gasteiger charge is 2.12. The van der Waals surface area contributed by atoms with Crippen molar-refractivity contribution < 1.29 is 0 Å². The average Bonchev–Trinajstić information content (AvgIpc) is 3.08. The highest BCUT2D eigenvalue weighted by Crippen LogP contribution is 2.32. The molecule has 3 heterocycles. The SMILES string of the molecule is CCc1sc(Nc2ccccn2)nc1-c1cn[nH]c1. The summed E-state index contributed by atoms with van der Waals surface area (Å²) in [5.74, 6) is 0.803. The number of hydrogen-bond donors (Lipinski definition) is 2. The molecule has 3 aromatic rings. The highest BCUT2D eigenvalue weighted by atomic mass is 32.1. The Kier molecular flexibility index (Phi) is 3.24. The van der Waals surface area contributed by atoms with Crippen LogP contribution in [0.2, 0.25) is 0 Å². The first-order chi connectivity index (χ1) is 9.36. The zero-order valence-electron chi connectivity index (χ0n) is 10.4. The minimum absolute atomic E-state index is 0.803. The molecule has 5 nitrogen and oxygen atoms in total. The van der Waals surface area contributed by atoms with Crippen LogP contribution in [0.4, 0.5) is 10.9 Å². The van der Waals surface area contributed by atoms with E-state index in [0.717, 1.165) is 28.6 Å². The molecule has 6 heteroatoms. The molecule has 0 saturated heterocycles. The van der Waals surface area contributed by atoms with Crippen molar-refractivity contribution in [3.8, 4) is 11.3 Å². The molecule has 0 radical (unpaired) electrons. The summed E-state index contributed by atoms with van der Waals surface area (Å²) in [7, 11) is 0. The monoisotopic (exact) mass is 271 g/mol. The van der Waals surface area contributed by atoms with E-state index in [4.69, 9.17) is 0 Å². The molecule has 3 aromatic heterocycles. The van der Waals surface area contributed by atoms with Gasteiger partial charge in [0.1, 0.15) is 5.82 Å². The lowest BCUT2D eigenvalue weighted by Crippen LogP contribution is -1.91. The van der Waals surface area contributed by atoms with Crippen LogP contribution < -0.4 is 5.32 Å². The molecular formula is C13H13N5S. The maximum absolute atomic E-state index is 4.63. The van der Waals surface area contributed by atoms with Crippen molar-refractivity contribution in [3.05, 3.63) is 41.7 Å². The molecule has 0 aromatic carbocycles. The van der Waals surface area contributed by atoms with E-state index in [9.17, 15) is 0 Å². The molecule has 0 unspecified atom stereocenters. The van der Waals surface area contributed by atoms with Crippen molar-refractivity contribution in [1.29, 1.82) is 0 Å². The minimum Gasteiger partial charge on any atom is -0.316 e. The van der Waals surface area contributed by atoms with Gasteiger partial charge < -0.3 is 5.32 Å². The smallest absolute Gasteiger partial charge is 0.189 e. The number of rotatable bonds is 4. The van der Waals surface area contributed by atoms with Crippen LogP contribution >= 0.6 is 11.3 Å². The van der Waals surface area contributed by atoms with Crippen LogP contribution in [0.15, 0.2) is 36.8 Å². The van der Waals surface area contributed by atoms with Gasteiger partial charge in [-0.1, -0.05) is 13.0 Å². The predicted octanol–water partition coefficient (Wildman–Crippen LogP) is 3.23. The van der Waals surface area contributed by atoms with Gasteiger partial charge in [0.15, 0.2) is 5.13 Å². The van der Waals surface area contributed by atoms with Crippen molar-refractivity contribution in [2.24, 2.45) is 0 Å². The van der Waals surface area contributed by atoms with Gasteiger partial charge in [-0.2, -0.15) is 5.10 Å². The molecule has 0 atom stereocenters. The van der Waals surface area contributed by atoms with Gasteiger partial charge in [0.25, 0.3) is 0 Å². The third-order valence-corrected chi connectivity index (χ3v) is 3.81. The molecule has 0 bridgehead atoms. The van der Waals surface area contributed by atoms with Gasteiger partial charge in [0, 0.05) is 22.8 Å². The Morgan fingerprint density at radius 1 is 1.37 bits per heavy atom. The summed E-state index contributed by atoms with van der Waals surface area (Å²) in [6.07, 6.45) is 6.35. The lowest BCUT2D eigenvalue weighted by Gasteiger charge is -1.99. The fraction of sp³-hybridized carbons (Fsp3) is 0.154. The van der Waals surface area contributed by atoms with E-state index in [1.54, 1.807) is 23.7 Å². The van der Waals surface area contributed by atoms with E-state index in [1.165, 1.54) is 4.88 Å². The molecule has 0 spiro atoms. The zero-order valence-corrected chi connectivity index (χ0v) is 11.2. The number of aryl methyl sites for hydroxylation is 1. The normalized spacial score (nSPS) is 10.6. The molecule has 3 rings (SSSR count). The van der Waals surface area contributed by atoms with Crippen molar-refractivity contribution in [2.45, 2.75) is 13.3 Å². The summed E-state index contributed by atoms with van der Waals surface area (Å²) in [6.45, 7) is 2.13. The predicted molar refractivity (Wildman–Crippen MR) is 76.6 cm³/mol. The summed E-state index contributed by atoms with van der Waals surface area (Å²) >= 11 is 1.65. The first-order valence-corrected chi connectivity index (χ1v) is 6.85. The molecule has 2 N–H and O–H groups in total. The van der Waals surface area contributed by atoms with Crippen molar-refractivity contribution in [2.75, 3.05) is 5.32 Å². The van der Waals surface area contributed by atoms with Crippen LogP contribution in [0, 0.1) is 0 Å². The van der Waals surface area contributed by atoms with Gasteiger partial charge in [-0.3, -0.25) is 5.10 Å². The number of pyridine rings is 1. The Labute approximate surface area is 114 Å². The molecule has 0 saturated carbocycles. The summed E-state index contributed by atoms with van der Waals surface area (Å²) in [6, 6.07) is 5.76. The summed E-state index contributed by atoms with van der Waals surface area (Å²) < 4.78 is 0. The van der Waals surface area contributed by atoms with Gasteiger partial charge >= 0.3 is 0 Å². The van der Waals surface area contributed by atoms with Crippen LogP contribution in [0.25, 0.3) is 11.3 Å². The number of thiazole rings is 1. The van der Waals surface area contributed by atoms with Crippen LogP contribution in [-0.4, -0.2) is 20.2 Å². The van der Waals surface area contributed by atoms with Gasteiger partial charge in [0.2, 0.25) is 0 Å². The number of nitrogens with one attached hydrogen (secondary N) is 2. The summed E-state index contributed by atoms with van der Waals surface area (Å²) in [5, 5.41) is 10.9. The molecule has 96 valence electrons. The molecule has 0 aliphatic rings. The van der Waals surface area contributed by atoms with Crippen molar-refractivity contribution >= 4 is 22.3 Å². The Morgan fingerprint density at radius 3 is 3.00 bits per heavy atom. The van der Waals surface area contributed by atoms with E-state index in [2.05, 4.69) is 32.4 Å².